The number of para-hydroxylation sites is 2. The molecule has 4 nitrogen and oxygen atoms in total. The number of hydrogen-bond acceptors (Lipinski definition) is 3. The monoisotopic (exact) mass is 276 g/mol. The largest absolute Gasteiger partial charge is 0.309 e. The van der Waals surface area contributed by atoms with Crippen LogP contribution in [0.3, 0.4) is 0 Å². The van der Waals surface area contributed by atoms with E-state index in [9.17, 15) is 0 Å². The molecule has 0 unspecified atom stereocenters. The molecule has 0 bridgehead atoms. The first-order valence-electron chi connectivity index (χ1n) is 5.28. The van der Waals surface area contributed by atoms with Crippen LogP contribution in [0.1, 0.15) is 19.8 Å². The predicted molar refractivity (Wildman–Crippen MR) is 76.9 cm³/mol. The van der Waals surface area contributed by atoms with Gasteiger partial charge in [-0.2, -0.15) is 0 Å². The standard InChI is InChI=1S/C11H16N4.2ClH/c1-2-3-8-15-10-7-5-4-6-9(10)13-11(15)14-12;;/h4-7H,2-3,8,12H2,1H3,(H,13,14);2*1H. The Balaban J connectivity index is 0.00000128. The van der Waals surface area contributed by atoms with E-state index < -0.39 is 0 Å². The Bertz CT molecular complexity index is 456. The number of rotatable bonds is 4. The second-order valence-corrected chi connectivity index (χ2v) is 3.57. The molecule has 1 aromatic heterocycles. The van der Waals surface area contributed by atoms with Gasteiger partial charge < -0.3 is 4.57 Å². The number of hydrogen-bond donors (Lipinski definition) is 2. The van der Waals surface area contributed by atoms with Crippen molar-refractivity contribution in [3.05, 3.63) is 24.3 Å². The molecule has 0 saturated carbocycles. The maximum atomic E-state index is 5.45. The van der Waals surface area contributed by atoms with Gasteiger partial charge in [0.2, 0.25) is 5.95 Å². The van der Waals surface area contributed by atoms with Crippen molar-refractivity contribution in [2.24, 2.45) is 5.84 Å². The lowest BCUT2D eigenvalue weighted by atomic mass is 10.3. The molecular formula is C11H18Cl2N4. The maximum absolute atomic E-state index is 5.45. The van der Waals surface area contributed by atoms with Crippen molar-refractivity contribution >= 4 is 41.8 Å². The van der Waals surface area contributed by atoms with E-state index in [2.05, 4.69) is 28.0 Å². The van der Waals surface area contributed by atoms with Crippen LogP contribution in [-0.4, -0.2) is 9.55 Å². The molecule has 0 radical (unpaired) electrons. The molecule has 0 fully saturated rings. The number of imidazole rings is 1. The Morgan fingerprint density at radius 1 is 1.29 bits per heavy atom. The minimum absolute atomic E-state index is 0. The molecule has 3 N–H and O–H groups in total. The van der Waals surface area contributed by atoms with Gasteiger partial charge in [0, 0.05) is 6.54 Å². The summed E-state index contributed by atoms with van der Waals surface area (Å²) in [7, 11) is 0. The van der Waals surface area contributed by atoms with E-state index in [1.54, 1.807) is 0 Å². The van der Waals surface area contributed by atoms with E-state index in [4.69, 9.17) is 5.84 Å². The van der Waals surface area contributed by atoms with Crippen LogP contribution in [0.4, 0.5) is 5.95 Å². The number of anilines is 1. The van der Waals surface area contributed by atoms with Crippen LogP contribution in [-0.2, 0) is 6.54 Å². The number of nitrogen functional groups attached to an aromatic ring is 1. The highest BCUT2D eigenvalue weighted by Crippen LogP contribution is 2.19. The van der Waals surface area contributed by atoms with Crippen LogP contribution in [0.2, 0.25) is 0 Å². The van der Waals surface area contributed by atoms with Crippen molar-refractivity contribution in [1.82, 2.24) is 9.55 Å². The van der Waals surface area contributed by atoms with E-state index in [0.717, 1.165) is 36.4 Å². The van der Waals surface area contributed by atoms with Crippen molar-refractivity contribution in [1.29, 1.82) is 0 Å². The summed E-state index contributed by atoms with van der Waals surface area (Å²) in [6.07, 6.45) is 2.30. The van der Waals surface area contributed by atoms with Gasteiger partial charge in [-0.1, -0.05) is 25.5 Å². The molecular weight excluding hydrogens is 259 g/mol. The minimum Gasteiger partial charge on any atom is -0.309 e. The van der Waals surface area contributed by atoms with Crippen LogP contribution in [0, 0.1) is 0 Å². The van der Waals surface area contributed by atoms with E-state index in [-0.39, 0.29) is 24.8 Å². The van der Waals surface area contributed by atoms with Gasteiger partial charge in [0.05, 0.1) is 11.0 Å². The fraction of sp³-hybridized carbons (Fsp3) is 0.364. The summed E-state index contributed by atoms with van der Waals surface area (Å²) in [4.78, 5) is 4.41. The third-order valence-electron chi connectivity index (χ3n) is 2.52. The molecule has 0 aliphatic heterocycles. The number of aryl methyl sites for hydroxylation is 1. The average Bonchev–Trinajstić information content (AvgIpc) is 2.64. The molecule has 0 spiro atoms. The van der Waals surface area contributed by atoms with Crippen molar-refractivity contribution in [2.45, 2.75) is 26.3 Å². The Hall–Kier alpha value is -0.970. The zero-order chi connectivity index (χ0) is 10.7. The number of unbranched alkanes of at least 4 members (excludes halogenated alkanes) is 1. The third-order valence-corrected chi connectivity index (χ3v) is 2.52. The summed E-state index contributed by atoms with van der Waals surface area (Å²) in [6.45, 7) is 3.13. The normalized spacial score (nSPS) is 9.53. The Morgan fingerprint density at radius 2 is 2.00 bits per heavy atom. The molecule has 2 aromatic rings. The molecule has 0 saturated heterocycles. The van der Waals surface area contributed by atoms with Gasteiger partial charge in [0.25, 0.3) is 0 Å². The summed E-state index contributed by atoms with van der Waals surface area (Å²) in [6, 6.07) is 8.07. The van der Waals surface area contributed by atoms with E-state index in [0.29, 0.717) is 0 Å². The topological polar surface area (TPSA) is 55.9 Å². The number of nitrogens with zero attached hydrogens (tertiary/aromatic N) is 2. The van der Waals surface area contributed by atoms with Gasteiger partial charge in [-0.05, 0) is 18.6 Å². The molecule has 0 atom stereocenters. The van der Waals surface area contributed by atoms with Gasteiger partial charge in [-0.15, -0.1) is 24.8 Å². The second-order valence-electron chi connectivity index (χ2n) is 3.57. The zero-order valence-corrected chi connectivity index (χ0v) is 11.4. The van der Waals surface area contributed by atoms with Gasteiger partial charge in [0.15, 0.2) is 0 Å². The van der Waals surface area contributed by atoms with Gasteiger partial charge in [-0.3, -0.25) is 5.43 Å². The van der Waals surface area contributed by atoms with Crippen LogP contribution in [0.5, 0.6) is 0 Å². The molecule has 96 valence electrons. The maximum Gasteiger partial charge on any atom is 0.218 e. The van der Waals surface area contributed by atoms with Crippen LogP contribution in [0.25, 0.3) is 11.0 Å². The molecule has 1 heterocycles. The minimum atomic E-state index is 0. The zero-order valence-electron chi connectivity index (χ0n) is 9.72. The van der Waals surface area contributed by atoms with Gasteiger partial charge in [-0.25, -0.2) is 10.8 Å². The molecule has 0 amide bonds. The molecule has 2 rings (SSSR count). The predicted octanol–water partition coefficient (Wildman–Crippen LogP) is 2.97. The highest BCUT2D eigenvalue weighted by Gasteiger charge is 2.07. The van der Waals surface area contributed by atoms with Crippen molar-refractivity contribution < 1.29 is 0 Å². The number of benzene rings is 1. The Kier molecular flexibility index (Phi) is 6.95. The van der Waals surface area contributed by atoms with E-state index >= 15 is 0 Å². The summed E-state index contributed by atoms with van der Waals surface area (Å²) in [5.74, 6) is 6.19. The summed E-state index contributed by atoms with van der Waals surface area (Å²) in [5.41, 5.74) is 4.77. The summed E-state index contributed by atoms with van der Waals surface area (Å²) < 4.78 is 2.12. The Labute approximate surface area is 113 Å². The second kappa shape index (κ2) is 7.37. The van der Waals surface area contributed by atoms with E-state index in [1.807, 2.05) is 18.2 Å². The fourth-order valence-corrected chi connectivity index (χ4v) is 1.73. The first-order valence-corrected chi connectivity index (χ1v) is 5.28. The highest BCUT2D eigenvalue weighted by atomic mass is 35.5. The number of nitrogens with one attached hydrogen (secondary N) is 1. The number of aromatic nitrogens is 2. The lowest BCUT2D eigenvalue weighted by Gasteiger charge is -2.06. The van der Waals surface area contributed by atoms with Crippen molar-refractivity contribution in [3.8, 4) is 0 Å². The molecule has 1 aromatic carbocycles. The molecule has 0 aliphatic carbocycles. The number of nitrogens with two attached hydrogens (primary N) is 1. The number of hydrazine groups is 1. The first-order chi connectivity index (χ1) is 7.36. The number of halogens is 2. The lowest BCUT2D eigenvalue weighted by molar-refractivity contribution is 0.650. The van der Waals surface area contributed by atoms with Gasteiger partial charge in [0.1, 0.15) is 0 Å². The van der Waals surface area contributed by atoms with E-state index in [1.165, 1.54) is 0 Å². The van der Waals surface area contributed by atoms with Crippen molar-refractivity contribution in [3.63, 3.8) is 0 Å². The lowest BCUT2D eigenvalue weighted by Crippen LogP contribution is -2.13. The van der Waals surface area contributed by atoms with Crippen LogP contribution in [0.15, 0.2) is 24.3 Å². The first kappa shape index (κ1) is 16.0. The quantitative estimate of drug-likeness (QED) is 0.667. The Morgan fingerprint density at radius 3 is 2.65 bits per heavy atom. The average molecular weight is 277 g/mol. The van der Waals surface area contributed by atoms with Crippen LogP contribution >= 0.6 is 24.8 Å². The van der Waals surface area contributed by atoms with Crippen LogP contribution < -0.4 is 11.3 Å². The van der Waals surface area contributed by atoms with Gasteiger partial charge >= 0.3 is 0 Å². The number of fused-ring (bicyclic) bond motifs is 1. The fourth-order valence-electron chi connectivity index (χ4n) is 1.73. The summed E-state index contributed by atoms with van der Waals surface area (Å²) >= 11 is 0. The molecule has 17 heavy (non-hydrogen) atoms. The van der Waals surface area contributed by atoms with Crippen molar-refractivity contribution in [2.75, 3.05) is 5.43 Å². The summed E-state index contributed by atoms with van der Waals surface area (Å²) in [5, 5.41) is 0. The molecule has 6 heteroatoms. The third kappa shape index (κ3) is 3.25. The smallest absolute Gasteiger partial charge is 0.218 e. The highest BCUT2D eigenvalue weighted by molar-refractivity contribution is 5.85. The molecule has 0 aliphatic rings. The SMILES string of the molecule is CCCCn1c(NN)nc2ccccc21.Cl.Cl.